The Morgan fingerprint density at radius 3 is 2.74 bits per heavy atom. The molecule has 0 spiro atoms. The summed E-state index contributed by atoms with van der Waals surface area (Å²) in [6.45, 7) is 1.33. The van der Waals surface area contributed by atoms with E-state index in [0.29, 0.717) is 18.9 Å². The van der Waals surface area contributed by atoms with E-state index in [0.717, 1.165) is 37.9 Å². The summed E-state index contributed by atoms with van der Waals surface area (Å²) in [5.74, 6) is 0.501. The van der Waals surface area contributed by atoms with E-state index in [1.807, 2.05) is 35.2 Å². The summed E-state index contributed by atoms with van der Waals surface area (Å²) in [5, 5.41) is 2.96. The van der Waals surface area contributed by atoms with Crippen LogP contribution < -0.4 is 5.32 Å². The Balaban J connectivity index is 1.53. The monoisotopic (exact) mass is 312 g/mol. The summed E-state index contributed by atoms with van der Waals surface area (Å²) in [5.41, 5.74) is 0.817. The summed E-state index contributed by atoms with van der Waals surface area (Å²) in [7, 11) is 0. The molecule has 23 heavy (non-hydrogen) atoms. The molecule has 0 saturated carbocycles. The van der Waals surface area contributed by atoms with Crippen LogP contribution in [0.1, 0.15) is 32.1 Å². The Kier molecular flexibility index (Phi) is 5.11. The van der Waals surface area contributed by atoms with Gasteiger partial charge in [-0.15, -0.1) is 0 Å². The van der Waals surface area contributed by atoms with Crippen molar-refractivity contribution in [3.8, 4) is 0 Å². The van der Waals surface area contributed by atoms with Crippen molar-refractivity contribution in [3.63, 3.8) is 0 Å². The SMILES string of the molecule is O=C(Nc1ccccc1)C1CCCN(C(=O)CC2C=CCC2)C1. The number of rotatable bonds is 4. The summed E-state index contributed by atoms with van der Waals surface area (Å²) in [6, 6.07) is 9.50. The Bertz CT molecular complexity index is 582. The number of amides is 2. The van der Waals surface area contributed by atoms with Gasteiger partial charge in [0.15, 0.2) is 0 Å². The van der Waals surface area contributed by atoms with Gasteiger partial charge in [0.25, 0.3) is 0 Å². The van der Waals surface area contributed by atoms with E-state index in [9.17, 15) is 9.59 Å². The Labute approximate surface area is 137 Å². The van der Waals surface area contributed by atoms with Gasteiger partial charge in [0, 0.05) is 25.2 Å². The lowest BCUT2D eigenvalue weighted by Gasteiger charge is -2.32. The molecule has 2 atom stereocenters. The second-order valence-corrected chi connectivity index (χ2v) is 6.50. The van der Waals surface area contributed by atoms with Crippen molar-refractivity contribution in [2.45, 2.75) is 32.1 Å². The number of nitrogens with one attached hydrogen (secondary N) is 1. The zero-order chi connectivity index (χ0) is 16.1. The Morgan fingerprint density at radius 2 is 2.00 bits per heavy atom. The number of anilines is 1. The molecule has 4 heteroatoms. The summed E-state index contributed by atoms with van der Waals surface area (Å²) < 4.78 is 0. The Morgan fingerprint density at radius 1 is 1.17 bits per heavy atom. The fourth-order valence-corrected chi connectivity index (χ4v) is 3.40. The molecular formula is C19H24N2O2. The van der Waals surface area contributed by atoms with Gasteiger partial charge in [0.05, 0.1) is 5.92 Å². The molecule has 1 heterocycles. The van der Waals surface area contributed by atoms with Gasteiger partial charge in [-0.2, -0.15) is 0 Å². The van der Waals surface area contributed by atoms with Crippen molar-refractivity contribution in [2.24, 2.45) is 11.8 Å². The van der Waals surface area contributed by atoms with Crippen molar-refractivity contribution in [1.29, 1.82) is 0 Å². The van der Waals surface area contributed by atoms with Crippen LogP contribution in [0.2, 0.25) is 0 Å². The van der Waals surface area contributed by atoms with Crippen LogP contribution >= 0.6 is 0 Å². The summed E-state index contributed by atoms with van der Waals surface area (Å²) >= 11 is 0. The second kappa shape index (κ2) is 7.44. The van der Waals surface area contributed by atoms with Crippen LogP contribution in [0.5, 0.6) is 0 Å². The number of carbonyl (C=O) groups is 2. The zero-order valence-electron chi connectivity index (χ0n) is 13.4. The number of hydrogen-bond acceptors (Lipinski definition) is 2. The third-order valence-corrected chi connectivity index (χ3v) is 4.74. The van der Waals surface area contributed by atoms with Crippen LogP contribution in [-0.2, 0) is 9.59 Å². The molecule has 4 nitrogen and oxygen atoms in total. The number of carbonyl (C=O) groups excluding carboxylic acids is 2. The number of hydrogen-bond donors (Lipinski definition) is 1. The van der Waals surface area contributed by atoms with E-state index in [4.69, 9.17) is 0 Å². The number of likely N-dealkylation sites (tertiary alicyclic amines) is 1. The van der Waals surface area contributed by atoms with E-state index in [1.54, 1.807) is 0 Å². The van der Waals surface area contributed by atoms with Gasteiger partial charge in [0.2, 0.25) is 11.8 Å². The first kappa shape index (κ1) is 15.8. The van der Waals surface area contributed by atoms with Gasteiger partial charge >= 0.3 is 0 Å². The topological polar surface area (TPSA) is 49.4 Å². The molecule has 0 radical (unpaired) electrons. The largest absolute Gasteiger partial charge is 0.342 e. The van der Waals surface area contributed by atoms with Crippen LogP contribution in [0.15, 0.2) is 42.5 Å². The van der Waals surface area contributed by atoms with Gasteiger partial charge in [0.1, 0.15) is 0 Å². The van der Waals surface area contributed by atoms with Crippen LogP contribution in [0.4, 0.5) is 5.69 Å². The van der Waals surface area contributed by atoms with Crippen molar-refractivity contribution in [3.05, 3.63) is 42.5 Å². The molecule has 2 amide bonds. The minimum absolute atomic E-state index is 0.0227. The van der Waals surface area contributed by atoms with E-state index >= 15 is 0 Å². The molecule has 122 valence electrons. The quantitative estimate of drug-likeness (QED) is 0.868. The highest BCUT2D eigenvalue weighted by atomic mass is 16.2. The number of piperidine rings is 1. The van der Waals surface area contributed by atoms with Crippen LogP contribution in [0.25, 0.3) is 0 Å². The molecule has 1 N–H and O–H groups in total. The second-order valence-electron chi connectivity index (χ2n) is 6.50. The van der Waals surface area contributed by atoms with Gasteiger partial charge in [-0.25, -0.2) is 0 Å². The van der Waals surface area contributed by atoms with Gasteiger partial charge in [-0.05, 0) is 43.7 Å². The number of allylic oxidation sites excluding steroid dienone is 2. The summed E-state index contributed by atoms with van der Waals surface area (Å²) in [6.07, 6.45) is 8.82. The highest BCUT2D eigenvalue weighted by molar-refractivity contribution is 5.93. The molecule has 2 aliphatic rings. The molecule has 3 rings (SSSR count). The minimum atomic E-state index is -0.105. The average molecular weight is 312 g/mol. The standard InChI is InChI=1S/C19H24N2O2/c22-18(13-15-7-4-5-8-15)21-12-6-9-16(14-21)19(23)20-17-10-2-1-3-11-17/h1-4,7,10-11,15-16H,5-6,8-9,12-14H2,(H,20,23). The molecule has 1 aliphatic heterocycles. The van der Waals surface area contributed by atoms with E-state index < -0.39 is 0 Å². The molecule has 1 saturated heterocycles. The van der Waals surface area contributed by atoms with Crippen molar-refractivity contribution in [2.75, 3.05) is 18.4 Å². The lowest BCUT2D eigenvalue weighted by Crippen LogP contribution is -2.44. The smallest absolute Gasteiger partial charge is 0.229 e. The average Bonchev–Trinajstić information content (AvgIpc) is 3.09. The molecule has 1 aliphatic carbocycles. The maximum atomic E-state index is 12.4. The van der Waals surface area contributed by atoms with Crippen molar-refractivity contribution < 1.29 is 9.59 Å². The fraction of sp³-hybridized carbons (Fsp3) is 0.474. The first-order valence-corrected chi connectivity index (χ1v) is 8.53. The number of benzene rings is 1. The third kappa shape index (κ3) is 4.21. The van der Waals surface area contributed by atoms with Crippen LogP contribution in [0, 0.1) is 11.8 Å². The van der Waals surface area contributed by atoms with Gasteiger partial charge < -0.3 is 10.2 Å². The maximum absolute atomic E-state index is 12.4. The lowest BCUT2D eigenvalue weighted by molar-refractivity contribution is -0.135. The first-order valence-electron chi connectivity index (χ1n) is 8.53. The normalized spacial score (nSPS) is 23.7. The van der Waals surface area contributed by atoms with E-state index in [2.05, 4.69) is 17.5 Å². The molecule has 0 aromatic heterocycles. The molecule has 0 bridgehead atoms. The predicted octanol–water partition coefficient (Wildman–Crippen LogP) is 3.22. The first-order chi connectivity index (χ1) is 11.2. The Hall–Kier alpha value is -2.10. The highest BCUT2D eigenvalue weighted by Crippen LogP contribution is 2.24. The summed E-state index contributed by atoms with van der Waals surface area (Å²) in [4.78, 5) is 26.7. The number of nitrogens with zero attached hydrogens (tertiary/aromatic N) is 1. The minimum Gasteiger partial charge on any atom is -0.342 e. The molecule has 1 aromatic carbocycles. The molecule has 1 fully saturated rings. The maximum Gasteiger partial charge on any atom is 0.229 e. The highest BCUT2D eigenvalue weighted by Gasteiger charge is 2.29. The van der Waals surface area contributed by atoms with Crippen molar-refractivity contribution >= 4 is 17.5 Å². The lowest BCUT2D eigenvalue weighted by atomic mass is 9.95. The van der Waals surface area contributed by atoms with E-state index in [-0.39, 0.29) is 17.7 Å². The predicted molar refractivity (Wildman–Crippen MR) is 90.9 cm³/mol. The van der Waals surface area contributed by atoms with Crippen LogP contribution in [0.3, 0.4) is 0 Å². The molecular weight excluding hydrogens is 288 g/mol. The number of para-hydroxylation sites is 1. The third-order valence-electron chi connectivity index (χ3n) is 4.74. The zero-order valence-corrected chi connectivity index (χ0v) is 13.4. The van der Waals surface area contributed by atoms with Crippen molar-refractivity contribution in [1.82, 2.24) is 4.90 Å². The van der Waals surface area contributed by atoms with E-state index in [1.165, 1.54) is 0 Å². The molecule has 2 unspecified atom stereocenters. The van der Waals surface area contributed by atoms with Crippen LogP contribution in [-0.4, -0.2) is 29.8 Å². The van der Waals surface area contributed by atoms with Gasteiger partial charge in [-0.3, -0.25) is 9.59 Å². The van der Waals surface area contributed by atoms with Gasteiger partial charge in [-0.1, -0.05) is 30.4 Å². The molecule has 1 aromatic rings. The fourth-order valence-electron chi connectivity index (χ4n) is 3.40.